The van der Waals surface area contributed by atoms with Crippen molar-refractivity contribution in [2.24, 2.45) is 5.92 Å². The first kappa shape index (κ1) is 23.9. The summed E-state index contributed by atoms with van der Waals surface area (Å²) in [5.74, 6) is 0.949. The molecule has 1 saturated carbocycles. The van der Waals surface area contributed by atoms with E-state index in [4.69, 9.17) is 20.2 Å². The van der Waals surface area contributed by atoms with Gasteiger partial charge in [0, 0.05) is 64.9 Å². The van der Waals surface area contributed by atoms with Gasteiger partial charge in [-0.05, 0) is 12.3 Å². The second-order valence-corrected chi connectivity index (χ2v) is 8.85. The van der Waals surface area contributed by atoms with Gasteiger partial charge >= 0.3 is 33.3 Å². The van der Waals surface area contributed by atoms with Crippen molar-refractivity contribution in [1.82, 2.24) is 26.6 Å². The van der Waals surface area contributed by atoms with Crippen molar-refractivity contribution in [3.63, 3.8) is 0 Å². The molecular weight excluding hydrogens is 400 g/mol. The third kappa shape index (κ3) is 14.6. The summed E-state index contributed by atoms with van der Waals surface area (Å²) >= 11 is 0.00694. The monoisotopic (exact) mass is 436 g/mol. The van der Waals surface area contributed by atoms with E-state index in [1.165, 1.54) is 38.5 Å². The van der Waals surface area contributed by atoms with Crippen molar-refractivity contribution in [3.8, 4) is 0 Å². The number of halogens is 2. The van der Waals surface area contributed by atoms with Gasteiger partial charge in [0.15, 0.2) is 0 Å². The van der Waals surface area contributed by atoms with Gasteiger partial charge in [-0.3, -0.25) is 0 Å². The van der Waals surface area contributed by atoms with Crippen LogP contribution >= 0.6 is 20.2 Å². The molecule has 0 aromatic carbocycles. The zero-order valence-electron chi connectivity index (χ0n) is 15.4. The van der Waals surface area contributed by atoms with E-state index in [1.54, 1.807) is 0 Å². The second-order valence-electron chi connectivity index (χ2n) is 6.90. The average molecular weight is 437 g/mol. The van der Waals surface area contributed by atoms with Crippen molar-refractivity contribution < 1.29 is 13.1 Å². The molecule has 2 fully saturated rings. The van der Waals surface area contributed by atoms with E-state index in [2.05, 4.69) is 26.6 Å². The van der Waals surface area contributed by atoms with E-state index in [0.29, 0.717) is 6.04 Å². The van der Waals surface area contributed by atoms with Gasteiger partial charge in [0.2, 0.25) is 0 Å². The van der Waals surface area contributed by atoms with Gasteiger partial charge in [-0.2, -0.15) is 0 Å². The molecule has 5 nitrogen and oxygen atoms in total. The Hall–Kier alpha value is 0.899. The Kier molecular flexibility index (Phi) is 17.5. The summed E-state index contributed by atoms with van der Waals surface area (Å²) in [6, 6.07) is 0.633. The molecule has 0 amide bonds. The van der Waals surface area contributed by atoms with Gasteiger partial charge in [-0.15, -0.1) is 0 Å². The fraction of sp³-hybridized carbons (Fsp3) is 1.00. The molecule has 25 heavy (non-hydrogen) atoms. The first-order valence-corrected chi connectivity index (χ1v) is 13.0. The van der Waals surface area contributed by atoms with Crippen molar-refractivity contribution in [2.45, 2.75) is 44.6 Å². The van der Waals surface area contributed by atoms with Crippen LogP contribution in [0.2, 0.25) is 0 Å². The molecule has 1 saturated heterocycles. The van der Waals surface area contributed by atoms with Crippen LogP contribution < -0.4 is 26.6 Å². The molecule has 0 aromatic rings. The Morgan fingerprint density at radius 3 is 1.72 bits per heavy atom. The molecule has 0 bridgehead atoms. The van der Waals surface area contributed by atoms with E-state index in [-0.39, 0.29) is 13.1 Å². The van der Waals surface area contributed by atoms with E-state index >= 15 is 0 Å². The summed E-state index contributed by atoms with van der Waals surface area (Å²) in [6.45, 7) is 9.64. The summed E-state index contributed by atoms with van der Waals surface area (Å²) in [6.07, 6.45) is 8.60. The Bertz CT molecular complexity index is 268. The van der Waals surface area contributed by atoms with E-state index < -0.39 is 0 Å². The van der Waals surface area contributed by atoms with Crippen LogP contribution in [0.1, 0.15) is 38.5 Å². The molecule has 1 unspecified atom stereocenters. The molecule has 1 heterocycles. The van der Waals surface area contributed by atoms with Gasteiger partial charge in [0.1, 0.15) is 0 Å². The third-order valence-electron chi connectivity index (χ3n) is 4.90. The number of hydrogen-bond donors (Lipinski definition) is 5. The molecular formula is C17H37Cl2MnN5. The summed E-state index contributed by atoms with van der Waals surface area (Å²) < 4.78 is 0. The van der Waals surface area contributed by atoms with Crippen LogP contribution in [0.5, 0.6) is 0 Å². The minimum absolute atomic E-state index is 0.00694. The van der Waals surface area contributed by atoms with Crippen molar-refractivity contribution in [1.29, 1.82) is 0 Å². The van der Waals surface area contributed by atoms with Crippen molar-refractivity contribution in [3.05, 3.63) is 0 Å². The summed E-state index contributed by atoms with van der Waals surface area (Å²) in [5.41, 5.74) is 0. The zero-order chi connectivity index (χ0) is 18.0. The Morgan fingerprint density at radius 1 is 0.680 bits per heavy atom. The molecule has 1 atom stereocenters. The fourth-order valence-electron chi connectivity index (χ4n) is 3.61. The molecule has 8 heteroatoms. The molecule has 0 radical (unpaired) electrons. The quantitative estimate of drug-likeness (QED) is 0.426. The Balaban J connectivity index is 0.000000970. The SMILES string of the molecule is C1CCC(CC2CNCCNCCNCCNCCN2)CC1.[Cl][Mn][Cl]. The second kappa shape index (κ2) is 18.3. The standard InChI is InChI=1S/C17H37N5.2ClH.Mn/c1-2-4-16(5-3-1)14-17-15-21-11-10-19-7-6-18-8-9-20-12-13-22-17;;;/h16-22H,1-15H2;2*1H;/q;;;+2/p-2. The zero-order valence-corrected chi connectivity index (χ0v) is 18.1. The topological polar surface area (TPSA) is 60.1 Å². The predicted octanol–water partition coefficient (Wildman–Crippen LogP) is 1.66. The summed E-state index contributed by atoms with van der Waals surface area (Å²) in [4.78, 5) is 0. The molecule has 151 valence electrons. The van der Waals surface area contributed by atoms with E-state index in [9.17, 15) is 0 Å². The van der Waals surface area contributed by atoms with Gasteiger partial charge in [-0.1, -0.05) is 32.1 Å². The van der Waals surface area contributed by atoms with Crippen LogP contribution in [0.4, 0.5) is 0 Å². The molecule has 0 aromatic heterocycles. The number of rotatable bonds is 2. The Labute approximate surface area is 169 Å². The molecule has 2 aliphatic rings. The van der Waals surface area contributed by atoms with Crippen LogP contribution in [-0.2, 0) is 13.1 Å². The number of nitrogens with one attached hydrogen (secondary N) is 5. The summed E-state index contributed by atoms with van der Waals surface area (Å²) in [5, 5.41) is 17.8. The van der Waals surface area contributed by atoms with Crippen LogP contribution in [-0.4, -0.2) is 64.9 Å². The van der Waals surface area contributed by atoms with E-state index in [0.717, 1.165) is 64.8 Å². The molecule has 1 aliphatic heterocycles. The third-order valence-corrected chi connectivity index (χ3v) is 4.90. The fourth-order valence-corrected chi connectivity index (χ4v) is 3.61. The van der Waals surface area contributed by atoms with Gasteiger partial charge in [0.25, 0.3) is 0 Å². The predicted molar refractivity (Wildman–Crippen MR) is 106 cm³/mol. The Morgan fingerprint density at radius 2 is 1.16 bits per heavy atom. The molecule has 2 rings (SSSR count). The first-order valence-electron chi connectivity index (χ1n) is 9.80. The van der Waals surface area contributed by atoms with Crippen LogP contribution in [0, 0.1) is 5.92 Å². The van der Waals surface area contributed by atoms with Gasteiger partial charge in [-0.25, -0.2) is 0 Å². The van der Waals surface area contributed by atoms with Crippen molar-refractivity contribution in [2.75, 3.05) is 58.9 Å². The van der Waals surface area contributed by atoms with Gasteiger partial charge < -0.3 is 26.6 Å². The maximum atomic E-state index is 4.80. The van der Waals surface area contributed by atoms with Crippen LogP contribution in [0.25, 0.3) is 0 Å². The average Bonchev–Trinajstić information content (AvgIpc) is 2.63. The van der Waals surface area contributed by atoms with Crippen molar-refractivity contribution >= 4 is 20.2 Å². The molecule has 1 aliphatic carbocycles. The minimum atomic E-state index is 0.00694. The van der Waals surface area contributed by atoms with Crippen LogP contribution in [0.15, 0.2) is 0 Å². The normalized spacial score (nSPS) is 25.9. The summed E-state index contributed by atoms with van der Waals surface area (Å²) in [7, 11) is 9.59. The van der Waals surface area contributed by atoms with E-state index in [1.807, 2.05) is 0 Å². The number of hydrogen-bond acceptors (Lipinski definition) is 5. The first-order chi connectivity index (χ1) is 12.4. The van der Waals surface area contributed by atoms with Crippen LogP contribution in [0.3, 0.4) is 0 Å². The molecule has 0 spiro atoms. The maximum absolute atomic E-state index is 4.80. The molecule has 5 N–H and O–H groups in total. The van der Waals surface area contributed by atoms with Gasteiger partial charge in [0.05, 0.1) is 0 Å².